The van der Waals surface area contributed by atoms with Crippen LogP contribution in [0.1, 0.15) is 58.7 Å². The molecule has 5 nitrogen and oxygen atoms in total. The second-order valence-corrected chi connectivity index (χ2v) is 11.0. The second kappa shape index (κ2) is 12.9. The van der Waals surface area contributed by atoms with Gasteiger partial charge in [-0.15, -0.1) is 0 Å². The lowest BCUT2D eigenvalue weighted by Crippen LogP contribution is -2.34. The van der Waals surface area contributed by atoms with E-state index >= 15 is 0 Å². The Morgan fingerprint density at radius 3 is 2.27 bits per heavy atom. The number of nitrogens with zero attached hydrogens (tertiary/aromatic N) is 1. The first-order valence-electron chi connectivity index (χ1n) is 12.5. The Morgan fingerprint density at radius 2 is 1.59 bits per heavy atom. The molecule has 0 unspecified atom stereocenters. The Morgan fingerprint density at radius 1 is 0.919 bits per heavy atom. The SMILES string of the molecule is CCCCc1oc2ccccc2c1C(=O)c1cc(I)c(OCCN(CC)C(=O)c2ccccc2)c(I)c1. The molecule has 0 bridgehead atoms. The third-order valence-corrected chi connectivity index (χ3v) is 7.81. The summed E-state index contributed by atoms with van der Waals surface area (Å²) in [7, 11) is 0. The fourth-order valence-corrected chi connectivity index (χ4v) is 6.34. The Kier molecular flexibility index (Phi) is 9.64. The number of halogens is 2. The van der Waals surface area contributed by atoms with Crippen molar-refractivity contribution in [3.8, 4) is 5.75 Å². The first-order valence-corrected chi connectivity index (χ1v) is 14.6. The number of amides is 1. The van der Waals surface area contributed by atoms with E-state index < -0.39 is 0 Å². The summed E-state index contributed by atoms with van der Waals surface area (Å²) in [4.78, 5) is 28.3. The number of ketones is 1. The van der Waals surface area contributed by atoms with Gasteiger partial charge in [-0.05, 0) is 88.9 Å². The lowest BCUT2D eigenvalue weighted by molar-refractivity contribution is 0.0739. The van der Waals surface area contributed by atoms with E-state index in [2.05, 4.69) is 52.1 Å². The van der Waals surface area contributed by atoms with Crippen LogP contribution in [0.15, 0.2) is 71.1 Å². The number of hydrogen-bond donors (Lipinski definition) is 0. The predicted molar refractivity (Wildman–Crippen MR) is 164 cm³/mol. The molecule has 0 saturated heterocycles. The average Bonchev–Trinajstić information content (AvgIpc) is 3.29. The van der Waals surface area contributed by atoms with E-state index in [1.165, 1.54) is 0 Å². The van der Waals surface area contributed by atoms with Gasteiger partial charge in [-0.1, -0.05) is 49.7 Å². The van der Waals surface area contributed by atoms with Crippen molar-refractivity contribution in [1.29, 1.82) is 0 Å². The van der Waals surface area contributed by atoms with Crippen molar-refractivity contribution in [3.63, 3.8) is 0 Å². The van der Waals surface area contributed by atoms with Gasteiger partial charge in [-0.25, -0.2) is 0 Å². The standard InChI is InChI=1S/C30H29I2NO4/c1-3-5-14-26-27(22-13-9-10-15-25(22)37-26)28(34)21-18-23(31)29(24(32)19-21)36-17-16-33(4-2)30(35)20-11-7-6-8-12-20/h6-13,15,18-19H,3-5,14,16-17H2,1-2H3. The number of carbonyl (C=O) groups excluding carboxylic acids is 2. The normalized spacial score (nSPS) is 11.0. The van der Waals surface area contributed by atoms with Crippen molar-refractivity contribution in [2.45, 2.75) is 33.1 Å². The number of furan rings is 1. The maximum Gasteiger partial charge on any atom is 0.253 e. The summed E-state index contributed by atoms with van der Waals surface area (Å²) < 4.78 is 13.9. The molecule has 1 amide bonds. The molecular weight excluding hydrogens is 692 g/mol. The summed E-state index contributed by atoms with van der Waals surface area (Å²) in [6.07, 6.45) is 2.72. The van der Waals surface area contributed by atoms with E-state index in [4.69, 9.17) is 9.15 Å². The van der Waals surface area contributed by atoms with Crippen LogP contribution in [0, 0.1) is 7.14 Å². The third kappa shape index (κ3) is 6.37. The second-order valence-electron chi connectivity index (χ2n) is 8.70. The van der Waals surface area contributed by atoms with Gasteiger partial charge >= 0.3 is 0 Å². The van der Waals surface area contributed by atoms with Crippen molar-refractivity contribution < 1.29 is 18.7 Å². The highest BCUT2D eigenvalue weighted by molar-refractivity contribution is 14.1. The minimum absolute atomic E-state index is 0.0109. The molecule has 7 heteroatoms. The lowest BCUT2D eigenvalue weighted by atomic mass is 9.98. The molecule has 0 saturated carbocycles. The summed E-state index contributed by atoms with van der Waals surface area (Å²) >= 11 is 4.43. The van der Waals surface area contributed by atoms with Crippen LogP contribution in [0.25, 0.3) is 11.0 Å². The van der Waals surface area contributed by atoms with Crippen molar-refractivity contribution in [1.82, 2.24) is 4.90 Å². The van der Waals surface area contributed by atoms with Crippen molar-refractivity contribution in [3.05, 3.63) is 96.3 Å². The molecule has 4 rings (SSSR count). The molecule has 0 radical (unpaired) electrons. The minimum atomic E-state index is -0.0379. The van der Waals surface area contributed by atoms with Crippen LogP contribution in [-0.4, -0.2) is 36.3 Å². The van der Waals surface area contributed by atoms with Gasteiger partial charge in [0.1, 0.15) is 23.7 Å². The molecule has 4 aromatic rings. The molecule has 0 fully saturated rings. The van der Waals surface area contributed by atoms with E-state index in [0.29, 0.717) is 36.4 Å². The van der Waals surface area contributed by atoms with Crippen LogP contribution in [-0.2, 0) is 6.42 Å². The Bertz CT molecular complexity index is 1370. The first kappa shape index (κ1) is 27.6. The topological polar surface area (TPSA) is 59.8 Å². The van der Waals surface area contributed by atoms with E-state index in [9.17, 15) is 9.59 Å². The molecule has 1 heterocycles. The number of aryl methyl sites for hydroxylation is 1. The summed E-state index contributed by atoms with van der Waals surface area (Å²) in [5.74, 6) is 1.43. The highest BCUT2D eigenvalue weighted by atomic mass is 127. The summed E-state index contributed by atoms with van der Waals surface area (Å²) in [5, 5.41) is 0.853. The van der Waals surface area contributed by atoms with Gasteiger partial charge in [0.25, 0.3) is 5.91 Å². The van der Waals surface area contributed by atoms with Gasteiger partial charge in [0.05, 0.1) is 19.2 Å². The summed E-state index contributed by atoms with van der Waals surface area (Å²) in [6, 6.07) is 20.7. The van der Waals surface area contributed by atoms with Gasteiger partial charge in [-0.3, -0.25) is 9.59 Å². The molecular formula is C30H29I2NO4. The highest BCUT2D eigenvalue weighted by Crippen LogP contribution is 2.33. The van der Waals surface area contributed by atoms with Gasteiger partial charge in [-0.2, -0.15) is 0 Å². The van der Waals surface area contributed by atoms with Crippen LogP contribution < -0.4 is 4.74 Å². The van der Waals surface area contributed by atoms with Crippen molar-refractivity contribution in [2.24, 2.45) is 0 Å². The molecule has 0 atom stereocenters. The molecule has 0 aliphatic carbocycles. The quantitative estimate of drug-likeness (QED) is 0.118. The van der Waals surface area contributed by atoms with Crippen LogP contribution in [0.2, 0.25) is 0 Å². The average molecular weight is 721 g/mol. The Hall–Kier alpha value is -2.40. The number of likely N-dealkylation sites (N-methyl/N-ethyl adjacent to an activating group) is 1. The van der Waals surface area contributed by atoms with Crippen LogP contribution in [0.3, 0.4) is 0 Å². The lowest BCUT2D eigenvalue weighted by Gasteiger charge is -2.21. The smallest absolute Gasteiger partial charge is 0.253 e. The van der Waals surface area contributed by atoms with E-state index in [1.807, 2.05) is 73.7 Å². The molecule has 37 heavy (non-hydrogen) atoms. The number of hydrogen-bond acceptors (Lipinski definition) is 4. The van der Waals surface area contributed by atoms with Gasteiger partial charge in [0.2, 0.25) is 0 Å². The van der Waals surface area contributed by atoms with Crippen LogP contribution in [0.4, 0.5) is 0 Å². The highest BCUT2D eigenvalue weighted by Gasteiger charge is 2.23. The van der Waals surface area contributed by atoms with Crippen LogP contribution in [0.5, 0.6) is 5.75 Å². The van der Waals surface area contributed by atoms with E-state index in [1.54, 1.807) is 4.90 Å². The zero-order chi connectivity index (χ0) is 26.4. The fraction of sp³-hybridized carbons (Fsp3) is 0.267. The molecule has 3 aromatic carbocycles. The van der Waals surface area contributed by atoms with Gasteiger partial charge in [0, 0.05) is 29.5 Å². The van der Waals surface area contributed by atoms with E-state index in [0.717, 1.165) is 48.9 Å². The Balaban J connectivity index is 1.51. The molecule has 192 valence electrons. The minimum Gasteiger partial charge on any atom is -0.490 e. The number of benzene rings is 3. The maximum atomic E-state index is 13.7. The molecule has 1 aromatic heterocycles. The van der Waals surface area contributed by atoms with Crippen LogP contribution >= 0.6 is 45.2 Å². The zero-order valence-corrected chi connectivity index (χ0v) is 25.2. The van der Waals surface area contributed by atoms with Crippen molar-refractivity contribution in [2.75, 3.05) is 19.7 Å². The first-order chi connectivity index (χ1) is 17.9. The predicted octanol–water partition coefficient (Wildman–Crippen LogP) is 7.76. The molecule has 0 aliphatic rings. The zero-order valence-electron chi connectivity index (χ0n) is 20.9. The number of fused-ring (bicyclic) bond motifs is 1. The number of rotatable bonds is 11. The number of para-hydroxylation sites is 1. The van der Waals surface area contributed by atoms with Gasteiger partial charge < -0.3 is 14.1 Å². The number of unbranched alkanes of at least 4 members (excludes halogenated alkanes) is 1. The monoisotopic (exact) mass is 721 g/mol. The third-order valence-electron chi connectivity index (χ3n) is 6.21. The molecule has 0 spiro atoms. The summed E-state index contributed by atoms with van der Waals surface area (Å²) in [6.45, 7) is 5.52. The molecule has 0 aliphatic heterocycles. The summed E-state index contributed by atoms with van der Waals surface area (Å²) in [5.41, 5.74) is 2.68. The fourth-order valence-electron chi connectivity index (χ4n) is 4.26. The Labute approximate surface area is 244 Å². The van der Waals surface area contributed by atoms with Gasteiger partial charge in [0.15, 0.2) is 5.78 Å². The number of ether oxygens (including phenoxy) is 1. The molecule has 0 N–H and O–H groups in total. The number of carbonyl (C=O) groups is 2. The maximum absolute atomic E-state index is 13.7. The largest absolute Gasteiger partial charge is 0.490 e. The van der Waals surface area contributed by atoms with E-state index in [-0.39, 0.29) is 11.7 Å². The van der Waals surface area contributed by atoms with Crippen molar-refractivity contribution >= 4 is 67.8 Å².